The zero-order valence-corrected chi connectivity index (χ0v) is 15.4. The number of methoxy groups -OCH3 is 1. The SMILES string of the molecule is COc1ccc(N2NC3=C(CCC=C3C(=O)O)C2c2ccc(C)cc2)cc1. The first-order valence-corrected chi connectivity index (χ1v) is 9.02. The van der Waals surface area contributed by atoms with Crippen molar-refractivity contribution in [3.8, 4) is 5.75 Å². The van der Waals surface area contributed by atoms with Crippen LogP contribution in [0.5, 0.6) is 5.75 Å². The maximum atomic E-state index is 11.7. The quantitative estimate of drug-likeness (QED) is 0.856. The Morgan fingerprint density at radius 3 is 2.48 bits per heavy atom. The summed E-state index contributed by atoms with van der Waals surface area (Å²) in [5, 5.41) is 11.7. The number of allylic oxidation sites excluding steroid dienone is 1. The summed E-state index contributed by atoms with van der Waals surface area (Å²) in [5.41, 5.74) is 8.85. The predicted molar refractivity (Wildman–Crippen MR) is 105 cm³/mol. The highest BCUT2D eigenvalue weighted by molar-refractivity contribution is 5.93. The Kier molecular flexibility index (Phi) is 4.36. The Hall–Kier alpha value is -3.21. The molecule has 1 aliphatic carbocycles. The molecule has 2 aliphatic rings. The molecule has 1 aliphatic heterocycles. The first-order chi connectivity index (χ1) is 13.1. The summed E-state index contributed by atoms with van der Waals surface area (Å²) < 4.78 is 5.26. The van der Waals surface area contributed by atoms with Gasteiger partial charge < -0.3 is 9.84 Å². The van der Waals surface area contributed by atoms with Gasteiger partial charge in [-0.1, -0.05) is 35.9 Å². The minimum atomic E-state index is -0.895. The topological polar surface area (TPSA) is 61.8 Å². The Bertz CT molecular complexity index is 927. The summed E-state index contributed by atoms with van der Waals surface area (Å²) in [6, 6.07) is 16.2. The lowest BCUT2D eigenvalue weighted by molar-refractivity contribution is -0.132. The maximum Gasteiger partial charge on any atom is 0.337 e. The third kappa shape index (κ3) is 3.05. The number of anilines is 1. The van der Waals surface area contributed by atoms with E-state index in [2.05, 4.69) is 41.6 Å². The van der Waals surface area contributed by atoms with Crippen LogP contribution < -0.4 is 15.2 Å². The van der Waals surface area contributed by atoms with Crippen LogP contribution >= 0.6 is 0 Å². The number of carboxylic acids is 1. The number of ether oxygens (including phenoxy) is 1. The molecule has 0 amide bonds. The van der Waals surface area contributed by atoms with Crippen molar-refractivity contribution in [3.63, 3.8) is 0 Å². The van der Waals surface area contributed by atoms with E-state index in [1.807, 2.05) is 24.3 Å². The van der Waals surface area contributed by atoms with Gasteiger partial charge in [0.25, 0.3) is 0 Å². The number of carbonyl (C=O) groups is 1. The molecule has 0 fully saturated rings. The minimum Gasteiger partial charge on any atom is -0.497 e. The number of aliphatic carboxylic acids is 1. The Labute approximate surface area is 158 Å². The molecule has 2 N–H and O–H groups in total. The van der Waals surface area contributed by atoms with Crippen molar-refractivity contribution in [1.82, 2.24) is 5.43 Å². The van der Waals surface area contributed by atoms with E-state index in [4.69, 9.17) is 4.74 Å². The van der Waals surface area contributed by atoms with Crippen molar-refractivity contribution in [2.24, 2.45) is 0 Å². The maximum absolute atomic E-state index is 11.7. The molecule has 5 nitrogen and oxygen atoms in total. The van der Waals surface area contributed by atoms with Crippen LogP contribution in [0.2, 0.25) is 0 Å². The van der Waals surface area contributed by atoms with Gasteiger partial charge in [-0.3, -0.25) is 10.4 Å². The van der Waals surface area contributed by atoms with Crippen molar-refractivity contribution in [1.29, 1.82) is 0 Å². The monoisotopic (exact) mass is 362 g/mol. The van der Waals surface area contributed by atoms with Crippen LogP contribution in [-0.4, -0.2) is 18.2 Å². The summed E-state index contributed by atoms with van der Waals surface area (Å²) in [5.74, 6) is -0.109. The fourth-order valence-electron chi connectivity index (χ4n) is 3.77. The van der Waals surface area contributed by atoms with Gasteiger partial charge in [0.15, 0.2) is 0 Å². The molecule has 1 heterocycles. The molecule has 138 valence electrons. The fraction of sp³-hybridized carbons (Fsp3) is 0.227. The molecule has 27 heavy (non-hydrogen) atoms. The largest absolute Gasteiger partial charge is 0.497 e. The average molecular weight is 362 g/mol. The molecule has 0 saturated carbocycles. The predicted octanol–water partition coefficient (Wildman–Crippen LogP) is 4.13. The smallest absolute Gasteiger partial charge is 0.337 e. The number of nitrogens with zero attached hydrogens (tertiary/aromatic N) is 1. The van der Waals surface area contributed by atoms with Gasteiger partial charge in [0.2, 0.25) is 0 Å². The number of hydrogen-bond donors (Lipinski definition) is 2. The van der Waals surface area contributed by atoms with Crippen LogP contribution in [0, 0.1) is 6.92 Å². The molecule has 1 atom stereocenters. The first-order valence-electron chi connectivity index (χ1n) is 9.02. The molecule has 0 saturated heterocycles. The van der Waals surface area contributed by atoms with Crippen LogP contribution in [-0.2, 0) is 4.79 Å². The van der Waals surface area contributed by atoms with Gasteiger partial charge in [-0.05, 0) is 55.2 Å². The molecular formula is C22H22N2O3. The van der Waals surface area contributed by atoms with E-state index in [1.165, 1.54) is 5.56 Å². The molecule has 0 radical (unpaired) electrons. The number of hydrazine groups is 1. The number of rotatable bonds is 4. The second kappa shape index (κ2) is 6.83. The van der Waals surface area contributed by atoms with Gasteiger partial charge in [-0.15, -0.1) is 0 Å². The first kappa shape index (κ1) is 17.2. The van der Waals surface area contributed by atoms with Crippen LogP contribution in [0.4, 0.5) is 5.69 Å². The Morgan fingerprint density at radius 1 is 1.15 bits per heavy atom. The van der Waals surface area contributed by atoms with Crippen LogP contribution in [0.25, 0.3) is 0 Å². The molecule has 1 unspecified atom stereocenters. The molecular weight excluding hydrogens is 340 g/mol. The van der Waals surface area contributed by atoms with Crippen molar-refractivity contribution in [2.75, 3.05) is 12.1 Å². The van der Waals surface area contributed by atoms with E-state index in [-0.39, 0.29) is 6.04 Å². The summed E-state index contributed by atoms with van der Waals surface area (Å²) in [4.78, 5) is 11.7. The van der Waals surface area contributed by atoms with E-state index in [9.17, 15) is 9.90 Å². The van der Waals surface area contributed by atoms with E-state index in [0.29, 0.717) is 5.57 Å². The summed E-state index contributed by atoms with van der Waals surface area (Å²) in [6.45, 7) is 2.06. The number of carboxylic acid groups (broad SMARTS) is 1. The minimum absolute atomic E-state index is 0.0444. The van der Waals surface area contributed by atoms with Crippen molar-refractivity contribution in [2.45, 2.75) is 25.8 Å². The summed E-state index contributed by atoms with van der Waals surface area (Å²) in [6.07, 6.45) is 3.38. The van der Waals surface area contributed by atoms with E-state index < -0.39 is 5.97 Å². The lowest BCUT2D eigenvalue weighted by Crippen LogP contribution is -2.35. The Balaban J connectivity index is 1.80. The van der Waals surface area contributed by atoms with Crippen molar-refractivity contribution in [3.05, 3.63) is 82.6 Å². The molecule has 2 aromatic carbocycles. The third-order valence-electron chi connectivity index (χ3n) is 5.15. The zero-order chi connectivity index (χ0) is 19.0. The van der Waals surface area contributed by atoms with E-state index in [1.54, 1.807) is 13.2 Å². The van der Waals surface area contributed by atoms with Crippen LogP contribution in [0.1, 0.15) is 30.0 Å². The van der Waals surface area contributed by atoms with Gasteiger partial charge in [0, 0.05) is 0 Å². The van der Waals surface area contributed by atoms with Gasteiger partial charge >= 0.3 is 5.97 Å². The number of benzene rings is 2. The lowest BCUT2D eigenvalue weighted by Gasteiger charge is -2.29. The van der Waals surface area contributed by atoms with Crippen molar-refractivity contribution >= 4 is 11.7 Å². The zero-order valence-electron chi connectivity index (χ0n) is 15.4. The molecule has 0 bridgehead atoms. The molecule has 4 rings (SSSR count). The highest BCUT2D eigenvalue weighted by Gasteiger charge is 2.38. The molecule has 0 aromatic heterocycles. The summed E-state index contributed by atoms with van der Waals surface area (Å²) in [7, 11) is 1.64. The Morgan fingerprint density at radius 2 is 1.85 bits per heavy atom. The molecule has 2 aromatic rings. The number of aryl methyl sites for hydroxylation is 1. The fourth-order valence-corrected chi connectivity index (χ4v) is 3.77. The van der Waals surface area contributed by atoms with E-state index >= 15 is 0 Å². The normalized spacial score (nSPS) is 18.7. The second-order valence-corrected chi connectivity index (χ2v) is 6.85. The van der Waals surface area contributed by atoms with Crippen LogP contribution in [0.3, 0.4) is 0 Å². The standard InChI is InChI=1S/C22H22N2O3/c1-14-6-8-15(9-7-14)21-18-4-3-5-19(22(25)26)20(18)23-24(21)16-10-12-17(27-2)13-11-16/h5-13,21,23H,3-4H2,1-2H3,(H,25,26). The highest BCUT2D eigenvalue weighted by atomic mass is 16.5. The van der Waals surface area contributed by atoms with Crippen LogP contribution in [0.15, 0.2) is 71.5 Å². The van der Waals surface area contributed by atoms with Gasteiger partial charge in [-0.2, -0.15) is 0 Å². The lowest BCUT2D eigenvalue weighted by atomic mass is 9.88. The van der Waals surface area contributed by atoms with Gasteiger partial charge in [0.1, 0.15) is 5.75 Å². The number of hydrogen-bond acceptors (Lipinski definition) is 4. The number of nitrogens with one attached hydrogen (secondary N) is 1. The highest BCUT2D eigenvalue weighted by Crippen LogP contribution is 2.43. The molecule has 5 heteroatoms. The second-order valence-electron chi connectivity index (χ2n) is 6.85. The molecule has 0 spiro atoms. The van der Waals surface area contributed by atoms with Crippen molar-refractivity contribution < 1.29 is 14.6 Å². The van der Waals surface area contributed by atoms with Gasteiger partial charge in [0.05, 0.1) is 30.1 Å². The van der Waals surface area contributed by atoms with E-state index in [0.717, 1.165) is 41.1 Å². The third-order valence-corrected chi connectivity index (χ3v) is 5.15. The summed E-state index contributed by atoms with van der Waals surface area (Å²) >= 11 is 0. The average Bonchev–Trinajstić information content (AvgIpc) is 3.08. The van der Waals surface area contributed by atoms with Gasteiger partial charge in [-0.25, -0.2) is 4.79 Å².